The predicted molar refractivity (Wildman–Crippen MR) is 82.1 cm³/mol. The van der Waals surface area contributed by atoms with Crippen molar-refractivity contribution in [2.75, 3.05) is 25.1 Å². The second kappa shape index (κ2) is 6.40. The molecule has 0 aromatic heterocycles. The minimum absolute atomic E-state index is 0.0270. The molecule has 20 heavy (non-hydrogen) atoms. The maximum atomic E-state index is 12.2. The van der Waals surface area contributed by atoms with Crippen LogP contribution >= 0.6 is 22.6 Å². The van der Waals surface area contributed by atoms with E-state index in [-0.39, 0.29) is 17.6 Å². The van der Waals surface area contributed by atoms with E-state index in [1.165, 1.54) is 6.07 Å². The molecular weight excluding hydrogens is 375 g/mol. The minimum atomic E-state index is -1.06. The Labute approximate surface area is 130 Å². The third kappa shape index (κ3) is 3.40. The van der Waals surface area contributed by atoms with Gasteiger partial charge in [0, 0.05) is 10.1 Å². The molecule has 1 aromatic rings. The maximum Gasteiger partial charge on any atom is 0.337 e. The Morgan fingerprint density at radius 1 is 1.50 bits per heavy atom. The largest absolute Gasteiger partial charge is 0.478 e. The molecular formula is C13H15IN2O4. The van der Waals surface area contributed by atoms with Crippen molar-refractivity contribution >= 4 is 40.3 Å². The van der Waals surface area contributed by atoms with Crippen LogP contribution in [0.15, 0.2) is 18.2 Å². The number of carboxylic acid groups (broad SMARTS) is 1. The molecule has 108 valence electrons. The van der Waals surface area contributed by atoms with Crippen LogP contribution in [0.2, 0.25) is 0 Å². The number of nitrogens with one attached hydrogen (secondary N) is 1. The van der Waals surface area contributed by atoms with E-state index in [1.807, 2.05) is 29.5 Å². The first-order valence-corrected chi connectivity index (χ1v) is 7.25. The molecule has 0 radical (unpaired) electrons. The van der Waals surface area contributed by atoms with Gasteiger partial charge in [-0.15, -0.1) is 0 Å². The van der Waals surface area contributed by atoms with Crippen molar-refractivity contribution in [1.82, 2.24) is 4.90 Å². The number of amides is 2. The normalized spacial score (nSPS) is 18.7. The number of ether oxygens (including phenoxy) is 1. The van der Waals surface area contributed by atoms with Gasteiger partial charge >= 0.3 is 12.0 Å². The van der Waals surface area contributed by atoms with Crippen molar-refractivity contribution in [3.63, 3.8) is 0 Å². The number of benzene rings is 1. The Bertz CT molecular complexity index is 535. The van der Waals surface area contributed by atoms with Crippen LogP contribution < -0.4 is 5.32 Å². The van der Waals surface area contributed by atoms with E-state index in [2.05, 4.69) is 5.32 Å². The third-order valence-electron chi connectivity index (χ3n) is 3.08. The van der Waals surface area contributed by atoms with Gasteiger partial charge in [0.2, 0.25) is 0 Å². The number of urea groups is 1. The molecule has 0 aliphatic carbocycles. The summed E-state index contributed by atoms with van der Waals surface area (Å²) in [5, 5.41) is 11.8. The lowest BCUT2D eigenvalue weighted by atomic mass is 10.2. The molecule has 1 aromatic carbocycles. The Balaban J connectivity index is 2.17. The van der Waals surface area contributed by atoms with E-state index in [0.29, 0.717) is 25.4 Å². The third-order valence-corrected chi connectivity index (χ3v) is 3.75. The van der Waals surface area contributed by atoms with Crippen molar-refractivity contribution in [2.45, 2.75) is 13.0 Å². The van der Waals surface area contributed by atoms with Gasteiger partial charge in [0.15, 0.2) is 0 Å². The van der Waals surface area contributed by atoms with Crippen LogP contribution in [-0.2, 0) is 4.74 Å². The number of carboxylic acids is 1. The smallest absolute Gasteiger partial charge is 0.337 e. The fourth-order valence-electron chi connectivity index (χ4n) is 2.02. The zero-order valence-electron chi connectivity index (χ0n) is 10.9. The number of hydrogen-bond donors (Lipinski definition) is 2. The maximum absolute atomic E-state index is 12.2. The second-order valence-corrected chi connectivity index (χ2v) is 5.79. The van der Waals surface area contributed by atoms with E-state index in [4.69, 9.17) is 4.74 Å². The van der Waals surface area contributed by atoms with E-state index < -0.39 is 5.97 Å². The highest BCUT2D eigenvalue weighted by Crippen LogP contribution is 2.20. The fraction of sp³-hybridized carbons (Fsp3) is 0.385. The van der Waals surface area contributed by atoms with E-state index >= 15 is 0 Å². The van der Waals surface area contributed by atoms with E-state index in [0.717, 1.165) is 3.57 Å². The average molecular weight is 390 g/mol. The van der Waals surface area contributed by atoms with Crippen molar-refractivity contribution in [3.05, 3.63) is 27.3 Å². The Morgan fingerprint density at radius 2 is 2.25 bits per heavy atom. The summed E-state index contributed by atoms with van der Waals surface area (Å²) in [7, 11) is 0. The summed E-state index contributed by atoms with van der Waals surface area (Å²) in [5.74, 6) is -1.06. The Kier molecular flexibility index (Phi) is 4.81. The fourth-order valence-corrected chi connectivity index (χ4v) is 2.51. The number of aromatic carboxylic acids is 1. The molecule has 2 rings (SSSR count). The molecule has 7 heteroatoms. The topological polar surface area (TPSA) is 78.9 Å². The molecule has 1 atom stereocenters. The summed E-state index contributed by atoms with van der Waals surface area (Å²) in [5.41, 5.74) is 0.396. The molecule has 0 saturated carbocycles. The molecule has 0 bridgehead atoms. The number of carbonyl (C=O) groups excluding carboxylic acids is 1. The number of anilines is 1. The monoisotopic (exact) mass is 390 g/mol. The van der Waals surface area contributed by atoms with Gasteiger partial charge in [-0.1, -0.05) is 0 Å². The first-order chi connectivity index (χ1) is 9.49. The van der Waals surface area contributed by atoms with Gasteiger partial charge in [0.1, 0.15) is 0 Å². The number of hydrogen-bond acceptors (Lipinski definition) is 3. The van der Waals surface area contributed by atoms with Crippen molar-refractivity contribution in [3.8, 4) is 0 Å². The summed E-state index contributed by atoms with van der Waals surface area (Å²) in [6.07, 6.45) is 0. The lowest BCUT2D eigenvalue weighted by Gasteiger charge is -2.33. The quantitative estimate of drug-likeness (QED) is 0.760. The zero-order chi connectivity index (χ0) is 14.7. The van der Waals surface area contributed by atoms with Crippen LogP contribution in [0, 0.1) is 3.57 Å². The van der Waals surface area contributed by atoms with E-state index in [9.17, 15) is 14.7 Å². The SMILES string of the molecule is CC1COCCN1C(=O)Nc1ccc(I)cc1C(=O)O. The number of halogens is 1. The van der Waals surface area contributed by atoms with Crippen LogP contribution in [0.4, 0.5) is 10.5 Å². The molecule has 1 heterocycles. The number of rotatable bonds is 2. The van der Waals surface area contributed by atoms with Crippen LogP contribution in [0.25, 0.3) is 0 Å². The van der Waals surface area contributed by atoms with Crippen molar-refractivity contribution in [1.29, 1.82) is 0 Å². The number of morpholine rings is 1. The van der Waals surface area contributed by atoms with Gasteiger partial charge in [0.05, 0.1) is 30.5 Å². The average Bonchev–Trinajstić information content (AvgIpc) is 2.41. The van der Waals surface area contributed by atoms with Gasteiger partial charge in [-0.3, -0.25) is 0 Å². The molecule has 0 spiro atoms. The van der Waals surface area contributed by atoms with Crippen LogP contribution in [0.3, 0.4) is 0 Å². The highest BCUT2D eigenvalue weighted by atomic mass is 127. The second-order valence-electron chi connectivity index (χ2n) is 4.54. The number of carbonyl (C=O) groups is 2. The standard InChI is InChI=1S/C13H15IN2O4/c1-8-7-20-5-4-16(8)13(19)15-11-3-2-9(14)6-10(11)12(17)18/h2-3,6,8H,4-5,7H2,1H3,(H,15,19)(H,17,18). The Hall–Kier alpha value is -1.35. The highest BCUT2D eigenvalue weighted by Gasteiger charge is 2.24. The number of nitrogens with zero attached hydrogens (tertiary/aromatic N) is 1. The summed E-state index contributed by atoms with van der Waals surface area (Å²) in [6, 6.07) is 4.56. The first kappa shape index (κ1) is 15.0. The molecule has 1 aliphatic rings. The van der Waals surface area contributed by atoms with Crippen LogP contribution in [0.5, 0.6) is 0 Å². The lowest BCUT2D eigenvalue weighted by molar-refractivity contribution is 0.0221. The van der Waals surface area contributed by atoms with Crippen molar-refractivity contribution < 1.29 is 19.4 Å². The van der Waals surface area contributed by atoms with Gasteiger partial charge in [0.25, 0.3) is 0 Å². The molecule has 1 saturated heterocycles. The predicted octanol–water partition coefficient (Wildman–Crippen LogP) is 2.24. The summed E-state index contributed by atoms with van der Waals surface area (Å²) < 4.78 is 6.08. The van der Waals surface area contributed by atoms with Gasteiger partial charge < -0.3 is 20.1 Å². The highest BCUT2D eigenvalue weighted by molar-refractivity contribution is 14.1. The molecule has 6 nitrogen and oxygen atoms in total. The zero-order valence-corrected chi connectivity index (χ0v) is 13.1. The van der Waals surface area contributed by atoms with Crippen molar-refractivity contribution in [2.24, 2.45) is 0 Å². The molecule has 2 amide bonds. The first-order valence-electron chi connectivity index (χ1n) is 6.17. The summed E-state index contributed by atoms with van der Waals surface area (Å²) in [4.78, 5) is 25.1. The van der Waals surface area contributed by atoms with Gasteiger partial charge in [-0.25, -0.2) is 9.59 Å². The van der Waals surface area contributed by atoms with Crippen LogP contribution in [-0.4, -0.2) is 47.8 Å². The summed E-state index contributed by atoms with van der Waals surface area (Å²) in [6.45, 7) is 3.38. The van der Waals surface area contributed by atoms with E-state index in [1.54, 1.807) is 17.0 Å². The lowest BCUT2D eigenvalue weighted by Crippen LogP contribution is -2.49. The van der Waals surface area contributed by atoms with Gasteiger partial charge in [-0.2, -0.15) is 0 Å². The molecule has 1 fully saturated rings. The molecule has 2 N–H and O–H groups in total. The summed E-state index contributed by atoms with van der Waals surface area (Å²) >= 11 is 2.03. The van der Waals surface area contributed by atoms with Gasteiger partial charge in [-0.05, 0) is 47.7 Å². The molecule has 1 unspecified atom stereocenters. The Morgan fingerprint density at radius 3 is 2.90 bits per heavy atom. The van der Waals surface area contributed by atoms with Crippen LogP contribution in [0.1, 0.15) is 17.3 Å². The minimum Gasteiger partial charge on any atom is -0.478 e. The molecule has 1 aliphatic heterocycles.